The van der Waals surface area contributed by atoms with Crippen LogP contribution in [0.5, 0.6) is 0 Å². The number of hydrogen-bond acceptors (Lipinski definition) is 3. The monoisotopic (exact) mass is 197 g/mol. The molecule has 2 rings (SSSR count). The van der Waals surface area contributed by atoms with Gasteiger partial charge in [-0.15, -0.1) is 0 Å². The minimum absolute atomic E-state index is 0.480. The second kappa shape index (κ2) is 4.60. The molecule has 1 heterocycles. The second-order valence-electron chi connectivity index (χ2n) is 5.09. The topological polar surface area (TPSA) is 55.3 Å². The highest BCUT2D eigenvalue weighted by Gasteiger charge is 2.27. The molecule has 3 heteroatoms. The van der Waals surface area contributed by atoms with Crippen LogP contribution < -0.4 is 11.5 Å². The van der Waals surface area contributed by atoms with Gasteiger partial charge in [0.25, 0.3) is 0 Å². The van der Waals surface area contributed by atoms with E-state index >= 15 is 0 Å². The Bertz CT molecular complexity index is 183. The number of rotatable bonds is 3. The van der Waals surface area contributed by atoms with Gasteiger partial charge in [0.15, 0.2) is 0 Å². The van der Waals surface area contributed by atoms with Crippen molar-refractivity contribution in [3.8, 4) is 0 Å². The Kier molecular flexibility index (Phi) is 3.42. The molecule has 3 unspecified atom stereocenters. The Morgan fingerprint density at radius 3 is 2.57 bits per heavy atom. The van der Waals surface area contributed by atoms with E-state index in [1.807, 2.05) is 0 Å². The summed E-state index contributed by atoms with van der Waals surface area (Å²) in [6, 6.07) is 0.480. The molecule has 0 aromatic heterocycles. The van der Waals surface area contributed by atoms with E-state index in [2.05, 4.69) is 4.90 Å². The minimum Gasteiger partial charge on any atom is -0.330 e. The molecule has 2 aliphatic rings. The van der Waals surface area contributed by atoms with Crippen molar-refractivity contribution < 1.29 is 0 Å². The fourth-order valence-corrected chi connectivity index (χ4v) is 2.92. The zero-order valence-corrected chi connectivity index (χ0v) is 8.99. The van der Waals surface area contributed by atoms with Crippen LogP contribution in [0.4, 0.5) is 0 Å². The maximum atomic E-state index is 5.91. The maximum absolute atomic E-state index is 5.91. The normalized spacial score (nSPS) is 39.4. The fourth-order valence-electron chi connectivity index (χ4n) is 2.92. The van der Waals surface area contributed by atoms with Crippen molar-refractivity contribution in [2.24, 2.45) is 23.3 Å². The molecule has 3 atom stereocenters. The van der Waals surface area contributed by atoms with E-state index in [4.69, 9.17) is 11.5 Å². The number of hydrogen-bond donors (Lipinski definition) is 2. The van der Waals surface area contributed by atoms with E-state index in [0.29, 0.717) is 6.04 Å². The minimum atomic E-state index is 0.480. The van der Waals surface area contributed by atoms with Crippen LogP contribution in [-0.2, 0) is 0 Å². The summed E-state index contributed by atoms with van der Waals surface area (Å²) < 4.78 is 0. The van der Waals surface area contributed by atoms with E-state index in [0.717, 1.165) is 18.4 Å². The van der Waals surface area contributed by atoms with Gasteiger partial charge in [-0.1, -0.05) is 0 Å². The largest absolute Gasteiger partial charge is 0.330 e. The van der Waals surface area contributed by atoms with Gasteiger partial charge in [-0.2, -0.15) is 0 Å². The summed E-state index contributed by atoms with van der Waals surface area (Å²) in [5.74, 6) is 1.62. The quantitative estimate of drug-likeness (QED) is 0.688. The van der Waals surface area contributed by atoms with E-state index in [9.17, 15) is 0 Å². The van der Waals surface area contributed by atoms with Crippen molar-refractivity contribution in [2.75, 3.05) is 26.2 Å². The first kappa shape index (κ1) is 10.4. The molecular weight excluding hydrogens is 174 g/mol. The van der Waals surface area contributed by atoms with Crippen molar-refractivity contribution in [3.63, 3.8) is 0 Å². The van der Waals surface area contributed by atoms with Crippen LogP contribution in [0.1, 0.15) is 25.7 Å². The number of nitrogens with two attached hydrogens (primary N) is 2. The van der Waals surface area contributed by atoms with Gasteiger partial charge in [0, 0.05) is 19.1 Å². The average molecular weight is 197 g/mol. The molecule has 0 spiro atoms. The molecule has 3 nitrogen and oxygen atoms in total. The van der Waals surface area contributed by atoms with E-state index < -0.39 is 0 Å². The molecule has 1 aliphatic heterocycles. The van der Waals surface area contributed by atoms with Gasteiger partial charge in [-0.05, 0) is 50.6 Å². The lowest BCUT2D eigenvalue weighted by Gasteiger charge is -2.20. The van der Waals surface area contributed by atoms with Crippen molar-refractivity contribution in [1.29, 1.82) is 0 Å². The third kappa shape index (κ3) is 2.47. The van der Waals surface area contributed by atoms with E-state index in [-0.39, 0.29) is 0 Å². The lowest BCUT2D eigenvalue weighted by molar-refractivity contribution is 0.270. The van der Waals surface area contributed by atoms with Crippen LogP contribution in [0.3, 0.4) is 0 Å². The van der Waals surface area contributed by atoms with Gasteiger partial charge in [0.05, 0.1) is 0 Å². The van der Waals surface area contributed by atoms with Gasteiger partial charge < -0.3 is 16.4 Å². The predicted octanol–water partition coefficient (Wildman–Crippen LogP) is 0.394. The highest BCUT2D eigenvalue weighted by molar-refractivity contribution is 4.83. The number of nitrogens with zero attached hydrogens (tertiary/aromatic N) is 1. The highest BCUT2D eigenvalue weighted by Crippen LogP contribution is 2.26. The zero-order chi connectivity index (χ0) is 9.97. The van der Waals surface area contributed by atoms with Crippen molar-refractivity contribution >= 4 is 0 Å². The summed E-state index contributed by atoms with van der Waals surface area (Å²) in [5, 5.41) is 0. The van der Waals surface area contributed by atoms with Gasteiger partial charge in [-0.25, -0.2) is 0 Å². The lowest BCUT2D eigenvalue weighted by Crippen LogP contribution is -2.28. The first-order valence-electron chi connectivity index (χ1n) is 5.96. The maximum Gasteiger partial charge on any atom is 0.00420 e. The molecule has 14 heavy (non-hydrogen) atoms. The molecule has 4 N–H and O–H groups in total. The Morgan fingerprint density at radius 1 is 1.14 bits per heavy atom. The molecule has 0 aromatic rings. The SMILES string of the molecule is NCC1CCN(CC2CCC(N)C2)C1. The molecule has 1 aliphatic carbocycles. The molecule has 0 bridgehead atoms. The molecule has 0 radical (unpaired) electrons. The van der Waals surface area contributed by atoms with Crippen LogP contribution >= 0.6 is 0 Å². The summed E-state index contributed by atoms with van der Waals surface area (Å²) in [6.07, 6.45) is 5.11. The zero-order valence-electron chi connectivity index (χ0n) is 8.99. The first-order valence-corrected chi connectivity index (χ1v) is 5.96. The molecule has 1 saturated carbocycles. The molecule has 0 aromatic carbocycles. The summed E-state index contributed by atoms with van der Waals surface area (Å²) >= 11 is 0. The fraction of sp³-hybridized carbons (Fsp3) is 1.00. The molecule has 0 amide bonds. The summed E-state index contributed by atoms with van der Waals surface area (Å²) in [6.45, 7) is 4.61. The van der Waals surface area contributed by atoms with Gasteiger partial charge in [0.1, 0.15) is 0 Å². The third-order valence-electron chi connectivity index (χ3n) is 3.80. The standard InChI is InChI=1S/C11H23N3/c12-6-10-3-4-14(8-10)7-9-1-2-11(13)5-9/h9-11H,1-8,12-13H2. The summed E-state index contributed by atoms with van der Waals surface area (Å²) in [5.41, 5.74) is 11.6. The summed E-state index contributed by atoms with van der Waals surface area (Å²) in [7, 11) is 0. The smallest absolute Gasteiger partial charge is 0.00420 e. The van der Waals surface area contributed by atoms with Crippen LogP contribution in [-0.4, -0.2) is 37.1 Å². The Morgan fingerprint density at radius 2 is 2.00 bits per heavy atom. The van der Waals surface area contributed by atoms with Crippen molar-refractivity contribution in [1.82, 2.24) is 4.90 Å². The molecule has 82 valence electrons. The van der Waals surface area contributed by atoms with Crippen LogP contribution in [0.15, 0.2) is 0 Å². The van der Waals surface area contributed by atoms with Crippen LogP contribution in [0.2, 0.25) is 0 Å². The Labute approximate surface area is 86.8 Å². The molecule has 1 saturated heterocycles. The Hall–Kier alpha value is -0.120. The molecule has 2 fully saturated rings. The molecular formula is C11H23N3. The first-order chi connectivity index (χ1) is 6.78. The van der Waals surface area contributed by atoms with Crippen molar-refractivity contribution in [2.45, 2.75) is 31.7 Å². The average Bonchev–Trinajstić information content (AvgIpc) is 2.76. The summed E-state index contributed by atoms with van der Waals surface area (Å²) in [4.78, 5) is 2.58. The van der Waals surface area contributed by atoms with Crippen molar-refractivity contribution in [3.05, 3.63) is 0 Å². The Balaban J connectivity index is 1.71. The van der Waals surface area contributed by atoms with Gasteiger partial charge in [-0.3, -0.25) is 0 Å². The van der Waals surface area contributed by atoms with Gasteiger partial charge in [0.2, 0.25) is 0 Å². The number of likely N-dealkylation sites (tertiary alicyclic amines) is 1. The van der Waals surface area contributed by atoms with E-state index in [1.165, 1.54) is 45.3 Å². The van der Waals surface area contributed by atoms with Crippen LogP contribution in [0, 0.1) is 11.8 Å². The third-order valence-corrected chi connectivity index (χ3v) is 3.80. The van der Waals surface area contributed by atoms with E-state index in [1.54, 1.807) is 0 Å². The predicted molar refractivity (Wildman–Crippen MR) is 58.9 cm³/mol. The van der Waals surface area contributed by atoms with Crippen LogP contribution in [0.25, 0.3) is 0 Å². The second-order valence-corrected chi connectivity index (χ2v) is 5.09. The van der Waals surface area contributed by atoms with Gasteiger partial charge >= 0.3 is 0 Å². The highest BCUT2D eigenvalue weighted by atomic mass is 15.1. The lowest BCUT2D eigenvalue weighted by atomic mass is 10.1.